The molecule has 1 aromatic heterocycles. The van der Waals surface area contributed by atoms with Crippen LogP contribution in [0.4, 0.5) is 11.5 Å². The predicted molar refractivity (Wildman–Crippen MR) is 77.1 cm³/mol. The zero-order valence-corrected chi connectivity index (χ0v) is 12.3. The molecule has 0 spiro atoms. The summed E-state index contributed by atoms with van der Waals surface area (Å²) in [6.07, 6.45) is 3.13. The summed E-state index contributed by atoms with van der Waals surface area (Å²) >= 11 is 7.69. The summed E-state index contributed by atoms with van der Waals surface area (Å²) < 4.78 is 0. The highest BCUT2D eigenvalue weighted by Gasteiger charge is 2.18. The number of aryl methyl sites for hydroxylation is 1. The fourth-order valence-corrected chi connectivity index (χ4v) is 2.72. The Morgan fingerprint density at radius 3 is 2.65 bits per heavy atom. The molecule has 1 rings (SSSR count). The molecule has 6 heteroatoms. The summed E-state index contributed by atoms with van der Waals surface area (Å²) in [5.41, 5.74) is 7.34. The smallest absolute Gasteiger partial charge is 0.224 e. The third-order valence-corrected chi connectivity index (χ3v) is 3.69. The van der Waals surface area contributed by atoms with Crippen molar-refractivity contribution in [3.05, 3.63) is 11.0 Å². The number of aromatic nitrogens is 2. The minimum absolute atomic E-state index is 0.248. The Labute approximate surface area is 112 Å². The number of nitrogens with two attached hydrogens (primary N) is 1. The van der Waals surface area contributed by atoms with Crippen LogP contribution in [-0.4, -0.2) is 35.1 Å². The van der Waals surface area contributed by atoms with E-state index in [4.69, 9.17) is 17.3 Å². The van der Waals surface area contributed by atoms with Crippen LogP contribution in [0.3, 0.4) is 0 Å². The van der Waals surface area contributed by atoms with Gasteiger partial charge in [0.25, 0.3) is 0 Å². The van der Waals surface area contributed by atoms with Gasteiger partial charge in [-0.3, -0.25) is 0 Å². The fraction of sp³-hybridized carbons (Fsp3) is 0.636. The van der Waals surface area contributed by atoms with Gasteiger partial charge in [-0.2, -0.15) is 16.7 Å². The summed E-state index contributed by atoms with van der Waals surface area (Å²) in [5.74, 6) is 1.76. The maximum atomic E-state index is 6.01. The number of halogens is 1. The highest BCUT2D eigenvalue weighted by Crippen LogP contribution is 2.26. The van der Waals surface area contributed by atoms with E-state index in [-0.39, 0.29) is 5.28 Å². The van der Waals surface area contributed by atoms with Gasteiger partial charge in [0, 0.05) is 18.8 Å². The number of nitrogens with zero attached hydrogens (tertiary/aromatic N) is 3. The molecule has 0 bridgehead atoms. The second kappa shape index (κ2) is 6.31. The molecule has 0 aliphatic rings. The first-order valence-electron chi connectivity index (χ1n) is 5.52. The Morgan fingerprint density at radius 1 is 1.47 bits per heavy atom. The monoisotopic (exact) mass is 274 g/mol. The van der Waals surface area contributed by atoms with Crippen LogP contribution in [0.5, 0.6) is 0 Å². The number of hydrogen-bond donors (Lipinski definition) is 1. The lowest BCUT2D eigenvalue weighted by molar-refractivity contribution is 0.665. The summed E-state index contributed by atoms with van der Waals surface area (Å²) in [7, 11) is 2.00. The molecule has 0 saturated carbocycles. The maximum absolute atomic E-state index is 6.01. The van der Waals surface area contributed by atoms with Crippen LogP contribution in [0.15, 0.2) is 0 Å². The topological polar surface area (TPSA) is 55.0 Å². The van der Waals surface area contributed by atoms with Gasteiger partial charge >= 0.3 is 0 Å². The van der Waals surface area contributed by atoms with E-state index in [0.29, 0.717) is 11.7 Å². The molecule has 0 aromatic carbocycles. The van der Waals surface area contributed by atoms with Crippen molar-refractivity contribution >= 4 is 34.9 Å². The first kappa shape index (κ1) is 14.4. The second-order valence-electron chi connectivity index (χ2n) is 3.94. The molecule has 0 saturated heterocycles. The van der Waals surface area contributed by atoms with Crippen LogP contribution in [0, 0.1) is 6.92 Å². The van der Waals surface area contributed by atoms with Crippen LogP contribution in [-0.2, 0) is 0 Å². The largest absolute Gasteiger partial charge is 0.394 e. The van der Waals surface area contributed by atoms with Gasteiger partial charge in [-0.15, -0.1) is 0 Å². The molecule has 1 unspecified atom stereocenters. The van der Waals surface area contributed by atoms with E-state index in [1.807, 2.05) is 25.7 Å². The van der Waals surface area contributed by atoms with E-state index in [0.717, 1.165) is 23.7 Å². The van der Waals surface area contributed by atoms with Gasteiger partial charge in [0.1, 0.15) is 0 Å². The van der Waals surface area contributed by atoms with Gasteiger partial charge in [-0.05, 0) is 31.2 Å². The van der Waals surface area contributed by atoms with E-state index in [2.05, 4.69) is 28.0 Å². The molecule has 2 N–H and O–H groups in total. The molecule has 17 heavy (non-hydrogen) atoms. The molecule has 96 valence electrons. The molecule has 4 nitrogen and oxygen atoms in total. The van der Waals surface area contributed by atoms with Crippen LogP contribution in [0.1, 0.15) is 19.0 Å². The van der Waals surface area contributed by atoms with Gasteiger partial charge in [0.2, 0.25) is 5.28 Å². The summed E-state index contributed by atoms with van der Waals surface area (Å²) in [6, 6.07) is 0.401. The van der Waals surface area contributed by atoms with E-state index < -0.39 is 0 Å². The average molecular weight is 275 g/mol. The van der Waals surface area contributed by atoms with Crippen molar-refractivity contribution in [2.45, 2.75) is 26.3 Å². The Morgan fingerprint density at radius 2 is 2.12 bits per heavy atom. The SMILES string of the molecule is CCC(CSC)N(C)c1nc(Cl)nc(C)c1N. The van der Waals surface area contributed by atoms with Crippen LogP contribution in [0.2, 0.25) is 5.28 Å². The van der Waals surface area contributed by atoms with Gasteiger partial charge in [0.15, 0.2) is 5.82 Å². The number of thioether (sulfide) groups is 1. The summed E-state index contributed by atoms with van der Waals surface area (Å²) in [5, 5.41) is 0.248. The lowest BCUT2D eigenvalue weighted by Crippen LogP contribution is -2.34. The predicted octanol–water partition coefficient (Wildman–Crippen LogP) is 2.60. The normalized spacial score (nSPS) is 12.5. The molecule has 0 radical (unpaired) electrons. The number of anilines is 2. The molecule has 1 atom stereocenters. The van der Waals surface area contributed by atoms with Crippen molar-refractivity contribution in [3.8, 4) is 0 Å². The zero-order valence-electron chi connectivity index (χ0n) is 10.7. The quantitative estimate of drug-likeness (QED) is 0.837. The number of rotatable bonds is 5. The average Bonchev–Trinajstić information content (AvgIpc) is 2.29. The molecule has 0 aliphatic carbocycles. The van der Waals surface area contributed by atoms with Gasteiger partial charge in [-0.1, -0.05) is 6.92 Å². The third-order valence-electron chi connectivity index (χ3n) is 2.80. The molecule has 0 amide bonds. The molecule has 0 aliphatic heterocycles. The minimum atomic E-state index is 0.248. The summed E-state index contributed by atoms with van der Waals surface area (Å²) in [4.78, 5) is 10.4. The highest BCUT2D eigenvalue weighted by molar-refractivity contribution is 7.98. The maximum Gasteiger partial charge on any atom is 0.224 e. The van der Waals surface area contributed by atoms with Crippen molar-refractivity contribution in [3.63, 3.8) is 0 Å². The van der Waals surface area contributed by atoms with Gasteiger partial charge in [-0.25, -0.2) is 4.98 Å². The molecule has 1 aromatic rings. The van der Waals surface area contributed by atoms with E-state index >= 15 is 0 Å². The fourth-order valence-electron chi connectivity index (χ4n) is 1.67. The number of nitrogen functional groups attached to an aromatic ring is 1. The molecule has 1 heterocycles. The highest BCUT2D eigenvalue weighted by atomic mass is 35.5. The van der Waals surface area contributed by atoms with Crippen LogP contribution < -0.4 is 10.6 Å². The molecule has 0 fully saturated rings. The minimum Gasteiger partial charge on any atom is -0.394 e. The zero-order chi connectivity index (χ0) is 13.0. The van der Waals surface area contributed by atoms with E-state index in [9.17, 15) is 0 Å². The van der Waals surface area contributed by atoms with Crippen LogP contribution >= 0.6 is 23.4 Å². The lowest BCUT2D eigenvalue weighted by atomic mass is 10.2. The van der Waals surface area contributed by atoms with Gasteiger partial charge in [0.05, 0.1) is 11.4 Å². The van der Waals surface area contributed by atoms with Crippen molar-refractivity contribution < 1.29 is 0 Å². The van der Waals surface area contributed by atoms with Crippen LogP contribution in [0.25, 0.3) is 0 Å². The first-order chi connectivity index (χ1) is 8.01. The van der Waals surface area contributed by atoms with Crippen molar-refractivity contribution in [1.29, 1.82) is 0 Å². The first-order valence-corrected chi connectivity index (χ1v) is 7.29. The Balaban J connectivity index is 3.05. The second-order valence-corrected chi connectivity index (χ2v) is 5.19. The summed E-state index contributed by atoms with van der Waals surface area (Å²) in [6.45, 7) is 4.00. The van der Waals surface area contributed by atoms with E-state index in [1.54, 1.807) is 0 Å². The Bertz CT molecular complexity index is 386. The van der Waals surface area contributed by atoms with Crippen molar-refractivity contribution in [2.75, 3.05) is 29.7 Å². The molecular weight excluding hydrogens is 256 g/mol. The van der Waals surface area contributed by atoms with Crippen molar-refractivity contribution in [2.24, 2.45) is 0 Å². The molecular formula is C11H19ClN4S. The van der Waals surface area contributed by atoms with Crippen molar-refractivity contribution in [1.82, 2.24) is 9.97 Å². The Kier molecular flexibility index (Phi) is 5.33. The third kappa shape index (κ3) is 3.39. The number of hydrogen-bond acceptors (Lipinski definition) is 5. The van der Waals surface area contributed by atoms with E-state index in [1.165, 1.54) is 0 Å². The van der Waals surface area contributed by atoms with Gasteiger partial charge < -0.3 is 10.6 Å². The lowest BCUT2D eigenvalue weighted by Gasteiger charge is -2.29. The Hall–Kier alpha value is -0.680. The standard InChI is InChI=1S/C11H19ClN4S/c1-5-8(6-17-4)16(3)10-9(13)7(2)14-11(12)15-10/h8H,5-6,13H2,1-4H3.